The zero-order chi connectivity index (χ0) is 10.6. The maximum Gasteiger partial charge on any atom is 0.337 e. The van der Waals surface area contributed by atoms with E-state index in [0.29, 0.717) is 23.8 Å². The number of likely N-dealkylation sites (N-methyl/N-ethyl adjacent to an activating group) is 1. The molecule has 78 valence electrons. The van der Waals surface area contributed by atoms with Crippen LogP contribution in [0.4, 0.5) is 0 Å². The van der Waals surface area contributed by atoms with Gasteiger partial charge in [0.1, 0.15) is 0 Å². The van der Waals surface area contributed by atoms with Gasteiger partial charge >= 0.3 is 5.97 Å². The molecule has 0 aromatic carbocycles. The molecule has 0 aliphatic carbocycles. The first kappa shape index (κ1) is 11.1. The number of esters is 1. The van der Waals surface area contributed by atoms with E-state index >= 15 is 0 Å². The summed E-state index contributed by atoms with van der Waals surface area (Å²) in [5.74, 6) is -0.312. The zero-order valence-electron chi connectivity index (χ0n) is 8.42. The van der Waals surface area contributed by atoms with Crippen molar-refractivity contribution in [2.24, 2.45) is 0 Å². The highest BCUT2D eigenvalue weighted by Crippen LogP contribution is 2.18. The van der Waals surface area contributed by atoms with Crippen LogP contribution in [0.2, 0.25) is 0 Å². The van der Waals surface area contributed by atoms with Gasteiger partial charge in [-0.05, 0) is 12.5 Å². The number of rotatable bonds is 3. The summed E-state index contributed by atoms with van der Waals surface area (Å²) in [7, 11) is 1.88. The Morgan fingerprint density at radius 1 is 1.71 bits per heavy atom. The van der Waals surface area contributed by atoms with Crippen molar-refractivity contribution < 1.29 is 9.53 Å². The first-order valence-electron chi connectivity index (χ1n) is 4.59. The van der Waals surface area contributed by atoms with Gasteiger partial charge in [-0.3, -0.25) is 0 Å². The van der Waals surface area contributed by atoms with Crippen LogP contribution in [0.5, 0.6) is 0 Å². The maximum absolute atomic E-state index is 11.5. The van der Waals surface area contributed by atoms with Gasteiger partial charge in [-0.1, -0.05) is 18.5 Å². The Morgan fingerprint density at radius 3 is 3.07 bits per heavy atom. The van der Waals surface area contributed by atoms with Crippen LogP contribution >= 0.6 is 11.6 Å². The van der Waals surface area contributed by atoms with Crippen molar-refractivity contribution in [1.82, 2.24) is 4.90 Å². The van der Waals surface area contributed by atoms with E-state index in [9.17, 15) is 4.79 Å². The fraction of sp³-hybridized carbons (Fsp3) is 0.500. The average Bonchev–Trinajstić information content (AvgIpc) is 2.18. The van der Waals surface area contributed by atoms with Crippen molar-refractivity contribution in [1.29, 1.82) is 0 Å². The highest BCUT2D eigenvalue weighted by atomic mass is 35.5. The molecule has 1 aliphatic heterocycles. The third-order valence-electron chi connectivity index (χ3n) is 1.85. The fourth-order valence-corrected chi connectivity index (χ4v) is 1.31. The summed E-state index contributed by atoms with van der Waals surface area (Å²) >= 11 is 5.89. The molecular formula is C10H14ClNO2. The molecule has 0 fully saturated rings. The molecule has 0 aromatic heterocycles. The molecule has 0 N–H and O–H groups in total. The second-order valence-electron chi connectivity index (χ2n) is 3.19. The smallest absolute Gasteiger partial charge is 0.337 e. The van der Waals surface area contributed by atoms with E-state index in [2.05, 4.69) is 0 Å². The molecule has 1 rings (SSSR count). The van der Waals surface area contributed by atoms with Crippen molar-refractivity contribution >= 4 is 17.6 Å². The van der Waals surface area contributed by atoms with Gasteiger partial charge in [0.05, 0.1) is 23.8 Å². The van der Waals surface area contributed by atoms with E-state index < -0.39 is 0 Å². The molecule has 0 bridgehead atoms. The summed E-state index contributed by atoms with van der Waals surface area (Å²) in [5.41, 5.74) is 0.533. The zero-order valence-corrected chi connectivity index (χ0v) is 9.17. The molecular weight excluding hydrogens is 202 g/mol. The van der Waals surface area contributed by atoms with E-state index in [1.807, 2.05) is 25.1 Å². The second-order valence-corrected chi connectivity index (χ2v) is 3.60. The van der Waals surface area contributed by atoms with Crippen LogP contribution in [0.1, 0.15) is 13.3 Å². The Bertz CT molecular complexity index is 284. The molecule has 0 unspecified atom stereocenters. The minimum Gasteiger partial charge on any atom is -0.462 e. The number of allylic oxidation sites excluding steroid dienone is 2. The monoisotopic (exact) mass is 215 g/mol. The molecule has 1 heterocycles. The van der Waals surface area contributed by atoms with Crippen LogP contribution in [-0.2, 0) is 9.53 Å². The molecule has 0 atom stereocenters. The Hall–Kier alpha value is -0.960. The van der Waals surface area contributed by atoms with E-state index in [-0.39, 0.29) is 5.97 Å². The van der Waals surface area contributed by atoms with Gasteiger partial charge in [-0.15, -0.1) is 0 Å². The minimum atomic E-state index is -0.312. The number of carbonyl (C=O) groups excluding carboxylic acids is 1. The number of hydrogen-bond acceptors (Lipinski definition) is 3. The Kier molecular flexibility index (Phi) is 4.01. The van der Waals surface area contributed by atoms with Gasteiger partial charge in [0, 0.05) is 13.2 Å². The summed E-state index contributed by atoms with van der Waals surface area (Å²) in [6.07, 6.45) is 4.36. The second kappa shape index (κ2) is 5.05. The third-order valence-corrected chi connectivity index (χ3v) is 2.21. The number of ether oxygens (including phenoxy) is 1. The van der Waals surface area contributed by atoms with E-state index in [4.69, 9.17) is 16.3 Å². The molecule has 0 spiro atoms. The molecule has 0 amide bonds. The number of hydrogen-bond donors (Lipinski definition) is 0. The Labute approximate surface area is 89.0 Å². The lowest BCUT2D eigenvalue weighted by Gasteiger charge is -2.20. The first-order valence-corrected chi connectivity index (χ1v) is 4.97. The molecule has 14 heavy (non-hydrogen) atoms. The summed E-state index contributed by atoms with van der Waals surface area (Å²) < 4.78 is 5.01. The van der Waals surface area contributed by atoms with Crippen LogP contribution in [0, 0.1) is 0 Å². The van der Waals surface area contributed by atoms with E-state index in [1.54, 1.807) is 6.08 Å². The fourth-order valence-electron chi connectivity index (χ4n) is 1.11. The van der Waals surface area contributed by atoms with Crippen molar-refractivity contribution in [2.45, 2.75) is 13.3 Å². The van der Waals surface area contributed by atoms with Gasteiger partial charge in [0.2, 0.25) is 0 Å². The molecule has 4 heteroatoms. The predicted molar refractivity (Wildman–Crippen MR) is 55.9 cm³/mol. The van der Waals surface area contributed by atoms with Crippen LogP contribution in [0.15, 0.2) is 22.9 Å². The van der Waals surface area contributed by atoms with Gasteiger partial charge in [-0.2, -0.15) is 0 Å². The third kappa shape index (κ3) is 2.77. The van der Waals surface area contributed by atoms with Gasteiger partial charge < -0.3 is 9.64 Å². The summed E-state index contributed by atoms with van der Waals surface area (Å²) in [6, 6.07) is 0. The van der Waals surface area contributed by atoms with Crippen LogP contribution in [0.3, 0.4) is 0 Å². The van der Waals surface area contributed by atoms with Gasteiger partial charge in [0.15, 0.2) is 0 Å². The lowest BCUT2D eigenvalue weighted by molar-refractivity contribution is -0.139. The predicted octanol–water partition coefficient (Wildman–Crippen LogP) is 1.89. The minimum absolute atomic E-state index is 0.312. The molecule has 0 aromatic rings. The van der Waals surface area contributed by atoms with Crippen molar-refractivity contribution in [3.05, 3.63) is 22.9 Å². The Balaban J connectivity index is 2.65. The molecule has 0 saturated heterocycles. The van der Waals surface area contributed by atoms with Crippen molar-refractivity contribution in [2.75, 3.05) is 20.2 Å². The van der Waals surface area contributed by atoms with Gasteiger partial charge in [0.25, 0.3) is 0 Å². The molecule has 1 aliphatic rings. The molecule has 0 radical (unpaired) electrons. The van der Waals surface area contributed by atoms with Crippen molar-refractivity contribution in [3.8, 4) is 0 Å². The van der Waals surface area contributed by atoms with Crippen LogP contribution in [0.25, 0.3) is 0 Å². The van der Waals surface area contributed by atoms with E-state index in [0.717, 1.165) is 6.42 Å². The summed E-state index contributed by atoms with van der Waals surface area (Å²) in [4.78, 5) is 13.4. The number of halogens is 1. The summed E-state index contributed by atoms with van der Waals surface area (Å²) in [6.45, 7) is 2.91. The van der Waals surface area contributed by atoms with Gasteiger partial charge in [-0.25, -0.2) is 4.79 Å². The summed E-state index contributed by atoms with van der Waals surface area (Å²) in [5, 5.41) is 0.476. The lowest BCUT2D eigenvalue weighted by Crippen LogP contribution is -2.24. The van der Waals surface area contributed by atoms with Crippen LogP contribution < -0.4 is 0 Å². The van der Waals surface area contributed by atoms with Crippen LogP contribution in [-0.4, -0.2) is 31.1 Å². The Morgan fingerprint density at radius 2 is 2.43 bits per heavy atom. The largest absolute Gasteiger partial charge is 0.462 e. The van der Waals surface area contributed by atoms with Crippen molar-refractivity contribution in [3.63, 3.8) is 0 Å². The standard InChI is InChI=1S/C10H14ClNO2/c1-3-6-14-10(13)8-7-12(2)5-4-9(8)11/h4-5H,3,6-7H2,1-2H3. The highest BCUT2D eigenvalue weighted by molar-refractivity contribution is 6.33. The number of nitrogens with zero attached hydrogens (tertiary/aromatic N) is 1. The SMILES string of the molecule is CCCOC(=O)C1=C(Cl)C=CN(C)C1. The normalized spacial score (nSPS) is 16.1. The number of carbonyl (C=O) groups is 1. The highest BCUT2D eigenvalue weighted by Gasteiger charge is 2.18. The topological polar surface area (TPSA) is 29.5 Å². The lowest BCUT2D eigenvalue weighted by atomic mass is 10.2. The average molecular weight is 216 g/mol. The molecule has 0 saturated carbocycles. The molecule has 3 nitrogen and oxygen atoms in total. The first-order chi connectivity index (χ1) is 6.65. The van der Waals surface area contributed by atoms with E-state index in [1.165, 1.54) is 0 Å². The maximum atomic E-state index is 11.5. The quantitative estimate of drug-likeness (QED) is 0.674.